The molecule has 0 radical (unpaired) electrons. The van der Waals surface area contributed by atoms with E-state index < -0.39 is 12.5 Å². The second kappa shape index (κ2) is 9.11. The summed E-state index contributed by atoms with van der Waals surface area (Å²) in [5.41, 5.74) is 0.711. The normalized spacial score (nSPS) is 23.3. The third-order valence-electron chi connectivity index (χ3n) is 6.09. The van der Waals surface area contributed by atoms with Gasteiger partial charge in [-0.05, 0) is 44.2 Å². The number of hydrogen-bond donors (Lipinski definition) is 1. The first-order valence-corrected chi connectivity index (χ1v) is 10.6. The van der Waals surface area contributed by atoms with Gasteiger partial charge in [0.2, 0.25) is 0 Å². The summed E-state index contributed by atoms with van der Waals surface area (Å²) in [6.45, 7) is 2.88. The molecule has 2 aromatic rings. The molecule has 2 aliphatic rings. The van der Waals surface area contributed by atoms with Gasteiger partial charge in [0.05, 0.1) is 12.8 Å². The number of aryl methyl sites for hydroxylation is 1. The molecule has 7 nitrogen and oxygen atoms in total. The van der Waals surface area contributed by atoms with Crippen molar-refractivity contribution in [3.63, 3.8) is 0 Å². The predicted molar refractivity (Wildman–Crippen MR) is 112 cm³/mol. The van der Waals surface area contributed by atoms with Crippen molar-refractivity contribution in [2.45, 2.75) is 44.7 Å². The van der Waals surface area contributed by atoms with Crippen LogP contribution in [0.3, 0.4) is 0 Å². The van der Waals surface area contributed by atoms with E-state index in [9.17, 15) is 13.6 Å². The zero-order valence-corrected chi connectivity index (χ0v) is 17.8. The molecule has 0 aliphatic carbocycles. The number of fused-ring (bicyclic) bond motifs is 1. The molecule has 1 fully saturated rings. The van der Waals surface area contributed by atoms with Crippen LogP contribution in [0.2, 0.25) is 0 Å². The highest BCUT2D eigenvalue weighted by atomic mass is 19.3. The van der Waals surface area contributed by atoms with E-state index in [4.69, 9.17) is 9.47 Å². The van der Waals surface area contributed by atoms with Gasteiger partial charge in [0.15, 0.2) is 18.1 Å². The quantitative estimate of drug-likeness (QED) is 0.754. The van der Waals surface area contributed by atoms with E-state index in [1.807, 2.05) is 12.1 Å². The predicted octanol–water partition coefficient (Wildman–Crippen LogP) is 3.51. The van der Waals surface area contributed by atoms with Crippen molar-refractivity contribution in [3.8, 4) is 11.5 Å². The standard InChI is InChI=1S/C22H28F2N4O3/c1-14-10-20-25-16(11-17(22(23)24)28(20)26-14)15-6-5-9-27(12-15)21(29)13-31-19-8-4-3-7-18(19)30-2/h3-4,7-8,10,15-17,22,25H,5-6,9,11-13H2,1-2H3/t15-,16-,17+/m0/s1. The van der Waals surface area contributed by atoms with Gasteiger partial charge in [0.1, 0.15) is 11.9 Å². The summed E-state index contributed by atoms with van der Waals surface area (Å²) in [6.07, 6.45) is -0.479. The SMILES string of the molecule is COc1ccccc1OCC(=O)N1CCC[C@H]([C@@H]2C[C@H](C(F)F)n3nc(C)cc3N2)C1. The van der Waals surface area contributed by atoms with Crippen LogP contribution in [0.15, 0.2) is 30.3 Å². The maximum absolute atomic E-state index is 13.7. The van der Waals surface area contributed by atoms with Crippen LogP contribution in [0, 0.1) is 12.8 Å². The molecular weight excluding hydrogens is 406 g/mol. The smallest absolute Gasteiger partial charge is 0.260 e. The van der Waals surface area contributed by atoms with Gasteiger partial charge in [-0.15, -0.1) is 0 Å². The van der Waals surface area contributed by atoms with E-state index in [0.717, 1.165) is 12.8 Å². The highest BCUT2D eigenvalue weighted by molar-refractivity contribution is 5.78. The van der Waals surface area contributed by atoms with Crippen LogP contribution in [0.4, 0.5) is 14.6 Å². The molecule has 1 amide bonds. The maximum atomic E-state index is 13.7. The Hall–Kier alpha value is -2.84. The Morgan fingerprint density at radius 2 is 2.10 bits per heavy atom. The lowest BCUT2D eigenvalue weighted by Crippen LogP contribution is -2.49. The molecule has 0 unspecified atom stereocenters. The van der Waals surface area contributed by atoms with Crippen LogP contribution >= 0.6 is 0 Å². The Kier molecular flexibility index (Phi) is 6.29. The number of alkyl halides is 2. The van der Waals surface area contributed by atoms with Crippen LogP contribution in [-0.4, -0.2) is 59.9 Å². The number of nitrogens with zero attached hydrogens (tertiary/aromatic N) is 3. The number of ether oxygens (including phenoxy) is 2. The van der Waals surface area contributed by atoms with Crippen molar-refractivity contribution in [1.82, 2.24) is 14.7 Å². The molecule has 3 atom stereocenters. The number of amides is 1. The summed E-state index contributed by atoms with van der Waals surface area (Å²) in [5.74, 6) is 1.70. The van der Waals surface area contributed by atoms with Crippen LogP contribution in [-0.2, 0) is 4.79 Å². The number of likely N-dealkylation sites (tertiary alicyclic amines) is 1. The summed E-state index contributed by atoms with van der Waals surface area (Å²) >= 11 is 0. The highest BCUT2D eigenvalue weighted by Crippen LogP contribution is 2.36. The van der Waals surface area contributed by atoms with Gasteiger partial charge in [-0.25, -0.2) is 13.5 Å². The van der Waals surface area contributed by atoms with E-state index in [0.29, 0.717) is 36.1 Å². The molecule has 3 heterocycles. The lowest BCUT2D eigenvalue weighted by atomic mass is 9.86. The average molecular weight is 434 g/mol. The third-order valence-corrected chi connectivity index (χ3v) is 6.09. The Morgan fingerprint density at radius 3 is 2.84 bits per heavy atom. The van der Waals surface area contributed by atoms with Gasteiger partial charge in [-0.1, -0.05) is 12.1 Å². The molecule has 1 N–H and O–H groups in total. The van der Waals surface area contributed by atoms with Crippen molar-refractivity contribution in [3.05, 3.63) is 36.0 Å². The fourth-order valence-corrected chi connectivity index (χ4v) is 4.54. The largest absolute Gasteiger partial charge is 0.493 e. The summed E-state index contributed by atoms with van der Waals surface area (Å²) < 4.78 is 39.7. The minimum atomic E-state index is -2.49. The molecular formula is C22H28F2N4O3. The Labute approximate surface area is 180 Å². The summed E-state index contributed by atoms with van der Waals surface area (Å²) in [7, 11) is 1.55. The van der Waals surface area contributed by atoms with Gasteiger partial charge >= 0.3 is 0 Å². The molecule has 0 bridgehead atoms. The number of piperidine rings is 1. The van der Waals surface area contributed by atoms with Crippen molar-refractivity contribution in [1.29, 1.82) is 0 Å². The first kappa shape index (κ1) is 21.4. The molecule has 1 aromatic carbocycles. The van der Waals surface area contributed by atoms with Gasteiger partial charge < -0.3 is 19.7 Å². The Morgan fingerprint density at radius 1 is 1.32 bits per heavy atom. The number of nitrogens with one attached hydrogen (secondary N) is 1. The number of rotatable bonds is 6. The lowest BCUT2D eigenvalue weighted by molar-refractivity contribution is -0.135. The van der Waals surface area contributed by atoms with Crippen LogP contribution in [0.1, 0.15) is 31.0 Å². The second-order valence-corrected chi connectivity index (χ2v) is 8.19. The molecule has 168 valence electrons. The number of para-hydroxylation sites is 2. The van der Waals surface area contributed by atoms with Crippen molar-refractivity contribution in [2.24, 2.45) is 5.92 Å². The van der Waals surface area contributed by atoms with Gasteiger partial charge in [-0.2, -0.15) is 5.10 Å². The minimum Gasteiger partial charge on any atom is -0.493 e. The third kappa shape index (κ3) is 4.60. The van der Waals surface area contributed by atoms with E-state index in [1.165, 1.54) is 4.68 Å². The van der Waals surface area contributed by atoms with Gasteiger partial charge in [-0.3, -0.25) is 4.79 Å². The fourth-order valence-electron chi connectivity index (χ4n) is 4.54. The monoisotopic (exact) mass is 434 g/mol. The van der Waals surface area contributed by atoms with Crippen LogP contribution in [0.5, 0.6) is 11.5 Å². The molecule has 31 heavy (non-hydrogen) atoms. The molecule has 0 spiro atoms. The van der Waals surface area contributed by atoms with E-state index in [-0.39, 0.29) is 30.9 Å². The van der Waals surface area contributed by atoms with Crippen LogP contribution < -0.4 is 14.8 Å². The minimum absolute atomic E-state index is 0.0865. The maximum Gasteiger partial charge on any atom is 0.260 e. The number of carbonyl (C=O) groups is 1. The van der Waals surface area contributed by atoms with Crippen molar-refractivity contribution < 1.29 is 23.0 Å². The number of methoxy groups -OCH3 is 1. The first-order valence-electron chi connectivity index (χ1n) is 10.6. The number of aromatic nitrogens is 2. The van der Waals surface area contributed by atoms with Crippen LogP contribution in [0.25, 0.3) is 0 Å². The molecule has 1 saturated heterocycles. The topological polar surface area (TPSA) is 68.6 Å². The van der Waals surface area contributed by atoms with Gasteiger partial charge in [0.25, 0.3) is 12.3 Å². The summed E-state index contributed by atoms with van der Waals surface area (Å²) in [4.78, 5) is 14.6. The van der Waals surface area contributed by atoms with E-state index in [2.05, 4.69) is 10.4 Å². The molecule has 9 heteroatoms. The highest BCUT2D eigenvalue weighted by Gasteiger charge is 2.38. The average Bonchev–Trinajstić information content (AvgIpc) is 3.16. The Balaban J connectivity index is 1.39. The fraction of sp³-hybridized carbons (Fsp3) is 0.545. The number of carbonyl (C=O) groups excluding carboxylic acids is 1. The zero-order chi connectivity index (χ0) is 22.0. The summed E-state index contributed by atoms with van der Waals surface area (Å²) in [6, 6.07) is 7.90. The molecule has 1 aromatic heterocycles. The number of halogens is 2. The van der Waals surface area contributed by atoms with E-state index >= 15 is 0 Å². The summed E-state index contributed by atoms with van der Waals surface area (Å²) in [5, 5.41) is 7.61. The van der Waals surface area contributed by atoms with Gasteiger partial charge in [0, 0.05) is 25.2 Å². The molecule has 2 aliphatic heterocycles. The first-order chi connectivity index (χ1) is 15.0. The van der Waals surface area contributed by atoms with Crippen molar-refractivity contribution in [2.75, 3.05) is 32.1 Å². The van der Waals surface area contributed by atoms with E-state index in [1.54, 1.807) is 37.1 Å². The van der Waals surface area contributed by atoms with Crippen molar-refractivity contribution >= 4 is 11.7 Å². The molecule has 0 saturated carbocycles. The lowest BCUT2D eigenvalue weighted by Gasteiger charge is -2.41. The number of benzene rings is 1. The second-order valence-electron chi connectivity index (χ2n) is 8.19. The Bertz CT molecular complexity index is 920. The number of hydrogen-bond acceptors (Lipinski definition) is 5. The number of anilines is 1. The molecule has 4 rings (SSSR count). The zero-order valence-electron chi connectivity index (χ0n) is 17.8.